The van der Waals surface area contributed by atoms with Crippen LogP contribution in [-0.2, 0) is 0 Å². The highest BCUT2D eigenvalue weighted by Gasteiger charge is 2.18. The molecule has 3 rings (SSSR count). The summed E-state index contributed by atoms with van der Waals surface area (Å²) in [5, 5.41) is 7.68. The standard InChI is InChI=1S/C20H21ClN4O/c1-24(2)18(15-9-5-3-6-10-15)14-22-17-13-23-25(20(26)19(17)21)16-11-7-4-8-12-16/h3-13,18,22H,14H2,1-2H3/p+1/t18-/m1/s1. The smallest absolute Gasteiger partial charge is 0.292 e. The van der Waals surface area contributed by atoms with Gasteiger partial charge < -0.3 is 10.2 Å². The number of rotatable bonds is 6. The van der Waals surface area contributed by atoms with E-state index in [0.717, 1.165) is 0 Å². The molecular weight excluding hydrogens is 348 g/mol. The monoisotopic (exact) mass is 369 g/mol. The molecule has 0 saturated carbocycles. The normalized spacial score (nSPS) is 12.2. The number of nitrogens with zero attached hydrogens (tertiary/aromatic N) is 2. The zero-order chi connectivity index (χ0) is 18.5. The molecule has 6 heteroatoms. The topological polar surface area (TPSA) is 51.4 Å². The second-order valence-corrected chi connectivity index (χ2v) is 6.72. The number of halogens is 1. The number of nitrogens with one attached hydrogen (secondary N) is 2. The van der Waals surface area contributed by atoms with Crippen molar-refractivity contribution in [3.8, 4) is 5.69 Å². The van der Waals surface area contributed by atoms with Gasteiger partial charge in [-0.25, -0.2) is 0 Å². The summed E-state index contributed by atoms with van der Waals surface area (Å²) in [6.07, 6.45) is 1.60. The molecule has 1 atom stereocenters. The van der Waals surface area contributed by atoms with Gasteiger partial charge in [0.25, 0.3) is 5.56 Å². The summed E-state index contributed by atoms with van der Waals surface area (Å²) in [5.41, 5.74) is 2.12. The van der Waals surface area contributed by atoms with Crippen molar-refractivity contribution in [2.45, 2.75) is 6.04 Å². The van der Waals surface area contributed by atoms with Crippen LogP contribution in [0.2, 0.25) is 5.02 Å². The van der Waals surface area contributed by atoms with E-state index in [-0.39, 0.29) is 16.6 Å². The van der Waals surface area contributed by atoms with Gasteiger partial charge in [0.05, 0.1) is 38.2 Å². The lowest BCUT2D eigenvalue weighted by molar-refractivity contribution is -0.890. The van der Waals surface area contributed by atoms with Crippen molar-refractivity contribution in [1.82, 2.24) is 9.78 Å². The number of anilines is 1. The molecule has 0 bridgehead atoms. The van der Waals surface area contributed by atoms with Crippen molar-refractivity contribution in [1.29, 1.82) is 0 Å². The molecule has 0 fully saturated rings. The molecule has 2 aromatic carbocycles. The van der Waals surface area contributed by atoms with Crippen LogP contribution in [0.25, 0.3) is 5.69 Å². The van der Waals surface area contributed by atoms with E-state index in [4.69, 9.17) is 11.6 Å². The SMILES string of the molecule is C[NH+](C)[C@H](CNc1cnn(-c2ccccc2)c(=O)c1Cl)c1ccccc1. The maximum atomic E-state index is 12.6. The van der Waals surface area contributed by atoms with Gasteiger partial charge in [-0.2, -0.15) is 9.78 Å². The summed E-state index contributed by atoms with van der Waals surface area (Å²) in [4.78, 5) is 13.8. The van der Waals surface area contributed by atoms with Crippen LogP contribution in [0, 0.1) is 0 Å². The first-order chi connectivity index (χ1) is 12.6. The molecule has 0 saturated heterocycles. The third-order valence-corrected chi connectivity index (χ3v) is 4.68. The highest BCUT2D eigenvalue weighted by atomic mass is 35.5. The first-order valence-electron chi connectivity index (χ1n) is 8.50. The Hall–Kier alpha value is -2.63. The van der Waals surface area contributed by atoms with Gasteiger partial charge in [-0.15, -0.1) is 0 Å². The Morgan fingerprint density at radius 3 is 2.31 bits per heavy atom. The summed E-state index contributed by atoms with van der Waals surface area (Å²) in [7, 11) is 4.21. The maximum Gasteiger partial charge on any atom is 0.292 e. The van der Waals surface area contributed by atoms with Gasteiger partial charge in [-0.05, 0) is 12.1 Å². The lowest BCUT2D eigenvalue weighted by Crippen LogP contribution is -3.06. The molecule has 0 aliphatic heterocycles. The van der Waals surface area contributed by atoms with E-state index in [0.29, 0.717) is 17.9 Å². The third-order valence-electron chi connectivity index (χ3n) is 4.32. The zero-order valence-corrected chi connectivity index (χ0v) is 15.6. The van der Waals surface area contributed by atoms with Crippen LogP contribution < -0.4 is 15.8 Å². The van der Waals surface area contributed by atoms with Gasteiger partial charge in [-0.3, -0.25) is 4.79 Å². The number of aromatic nitrogens is 2. The number of quaternary nitrogens is 1. The van der Waals surface area contributed by atoms with Crippen LogP contribution >= 0.6 is 11.6 Å². The highest BCUT2D eigenvalue weighted by molar-refractivity contribution is 6.32. The average Bonchev–Trinajstić information content (AvgIpc) is 2.66. The van der Waals surface area contributed by atoms with E-state index in [1.807, 2.05) is 48.5 Å². The molecule has 0 spiro atoms. The minimum atomic E-state index is -0.337. The van der Waals surface area contributed by atoms with Crippen molar-refractivity contribution < 1.29 is 4.90 Å². The average molecular weight is 370 g/mol. The first-order valence-corrected chi connectivity index (χ1v) is 8.88. The second kappa shape index (κ2) is 8.17. The van der Waals surface area contributed by atoms with Crippen LogP contribution in [0.1, 0.15) is 11.6 Å². The molecule has 1 heterocycles. The van der Waals surface area contributed by atoms with E-state index in [1.54, 1.807) is 6.20 Å². The summed E-state index contributed by atoms with van der Waals surface area (Å²) in [6, 6.07) is 19.7. The van der Waals surface area contributed by atoms with Crippen molar-refractivity contribution in [2.75, 3.05) is 26.0 Å². The Morgan fingerprint density at radius 2 is 1.69 bits per heavy atom. The molecule has 3 aromatic rings. The van der Waals surface area contributed by atoms with Crippen LogP contribution in [0.3, 0.4) is 0 Å². The van der Waals surface area contributed by atoms with E-state index in [1.165, 1.54) is 15.1 Å². The van der Waals surface area contributed by atoms with Crippen LogP contribution in [0.15, 0.2) is 71.7 Å². The lowest BCUT2D eigenvalue weighted by atomic mass is 10.1. The molecule has 0 aliphatic carbocycles. The minimum absolute atomic E-state index is 0.143. The van der Waals surface area contributed by atoms with E-state index in [9.17, 15) is 4.79 Å². The van der Waals surface area contributed by atoms with E-state index < -0.39 is 0 Å². The number of likely N-dealkylation sites (N-methyl/N-ethyl adjacent to an activating group) is 1. The van der Waals surface area contributed by atoms with Crippen molar-refractivity contribution in [3.63, 3.8) is 0 Å². The van der Waals surface area contributed by atoms with E-state index in [2.05, 4.69) is 36.6 Å². The number of para-hydroxylation sites is 1. The molecule has 0 unspecified atom stereocenters. The molecule has 0 amide bonds. The summed E-state index contributed by atoms with van der Waals surface area (Å²) >= 11 is 6.31. The van der Waals surface area contributed by atoms with Crippen LogP contribution in [-0.4, -0.2) is 30.4 Å². The Balaban J connectivity index is 1.82. The predicted molar refractivity (Wildman–Crippen MR) is 105 cm³/mol. The quantitative estimate of drug-likeness (QED) is 0.700. The highest BCUT2D eigenvalue weighted by Crippen LogP contribution is 2.18. The maximum absolute atomic E-state index is 12.6. The van der Waals surface area contributed by atoms with Gasteiger partial charge in [0, 0.05) is 5.56 Å². The third kappa shape index (κ3) is 3.95. The van der Waals surface area contributed by atoms with Crippen LogP contribution in [0.4, 0.5) is 5.69 Å². The van der Waals surface area contributed by atoms with Gasteiger partial charge >= 0.3 is 0 Å². The Labute approximate surface area is 157 Å². The van der Waals surface area contributed by atoms with Gasteiger partial charge in [-0.1, -0.05) is 60.1 Å². The fraction of sp³-hybridized carbons (Fsp3) is 0.200. The predicted octanol–water partition coefficient (Wildman–Crippen LogP) is 2.18. The largest absolute Gasteiger partial charge is 0.376 e. The van der Waals surface area contributed by atoms with Gasteiger partial charge in [0.2, 0.25) is 0 Å². The molecule has 1 aromatic heterocycles. The van der Waals surface area contributed by atoms with Gasteiger partial charge in [0.1, 0.15) is 11.1 Å². The number of hydrogen-bond acceptors (Lipinski definition) is 3. The second-order valence-electron chi connectivity index (χ2n) is 6.35. The summed E-state index contributed by atoms with van der Waals surface area (Å²) in [5.74, 6) is 0. The molecular formula is C20H22ClN4O+. The molecule has 134 valence electrons. The Bertz CT molecular complexity index is 910. The summed E-state index contributed by atoms with van der Waals surface area (Å²) in [6.45, 7) is 0.641. The van der Waals surface area contributed by atoms with Crippen LogP contribution in [0.5, 0.6) is 0 Å². The van der Waals surface area contributed by atoms with Gasteiger partial charge in [0.15, 0.2) is 0 Å². The number of hydrogen-bond donors (Lipinski definition) is 2. The molecule has 5 nitrogen and oxygen atoms in total. The van der Waals surface area contributed by atoms with Crippen molar-refractivity contribution >= 4 is 17.3 Å². The fourth-order valence-corrected chi connectivity index (χ4v) is 3.06. The van der Waals surface area contributed by atoms with Crippen molar-refractivity contribution in [2.24, 2.45) is 0 Å². The molecule has 2 N–H and O–H groups in total. The zero-order valence-electron chi connectivity index (χ0n) is 14.8. The number of benzene rings is 2. The Morgan fingerprint density at radius 1 is 1.08 bits per heavy atom. The van der Waals surface area contributed by atoms with Crippen molar-refractivity contribution in [3.05, 3.63) is 87.8 Å². The first kappa shape index (κ1) is 18.2. The molecule has 0 radical (unpaired) electrons. The fourth-order valence-electron chi connectivity index (χ4n) is 2.86. The molecule has 0 aliphatic rings. The summed E-state index contributed by atoms with van der Waals surface area (Å²) < 4.78 is 1.30. The Kier molecular flexibility index (Phi) is 5.71. The minimum Gasteiger partial charge on any atom is -0.376 e. The molecule has 26 heavy (non-hydrogen) atoms. The van der Waals surface area contributed by atoms with E-state index >= 15 is 0 Å². The lowest BCUT2D eigenvalue weighted by Gasteiger charge is -2.23.